The van der Waals surface area contributed by atoms with Gasteiger partial charge in [0.1, 0.15) is 11.5 Å². The fraction of sp³-hybridized carbons (Fsp3) is 0.167. The van der Waals surface area contributed by atoms with Gasteiger partial charge in [-0.25, -0.2) is 15.0 Å². The van der Waals surface area contributed by atoms with E-state index in [4.69, 9.17) is 11.6 Å². The summed E-state index contributed by atoms with van der Waals surface area (Å²) in [6, 6.07) is 1.60. The molecule has 6 nitrogen and oxygen atoms in total. The lowest BCUT2D eigenvalue weighted by Gasteiger charge is -2.11. The Morgan fingerprint density at radius 3 is 2.58 bits per heavy atom. The summed E-state index contributed by atoms with van der Waals surface area (Å²) in [5.74, 6) is 0.757. The van der Waals surface area contributed by atoms with Crippen LogP contribution in [0.4, 0.5) is 11.5 Å². The highest BCUT2D eigenvalue weighted by atomic mass is 35.5. The van der Waals surface area contributed by atoms with Gasteiger partial charge in [0.05, 0.1) is 10.6 Å². The number of carbonyl (C=O) groups is 1. The summed E-state index contributed by atoms with van der Waals surface area (Å²) in [4.78, 5) is 24.1. The lowest BCUT2D eigenvalue weighted by molar-refractivity contribution is 0.102. The molecule has 2 rings (SSSR count). The number of halogens is 1. The lowest BCUT2D eigenvalue weighted by atomic mass is 10.3. The van der Waals surface area contributed by atoms with Gasteiger partial charge in [0.15, 0.2) is 5.82 Å². The third-order valence-electron chi connectivity index (χ3n) is 2.42. The van der Waals surface area contributed by atoms with E-state index >= 15 is 0 Å². The second-order valence-electron chi connectivity index (χ2n) is 3.74. The van der Waals surface area contributed by atoms with Crippen molar-refractivity contribution in [1.82, 2.24) is 15.0 Å². The second-order valence-corrected chi connectivity index (χ2v) is 4.15. The van der Waals surface area contributed by atoms with Crippen molar-refractivity contribution in [2.45, 2.75) is 6.92 Å². The summed E-state index contributed by atoms with van der Waals surface area (Å²) in [5, 5.41) is 5.95. The van der Waals surface area contributed by atoms with Crippen molar-refractivity contribution < 1.29 is 4.79 Å². The third-order valence-corrected chi connectivity index (χ3v) is 2.73. The van der Waals surface area contributed by atoms with Crippen LogP contribution >= 0.6 is 11.6 Å². The van der Waals surface area contributed by atoms with Crippen molar-refractivity contribution in [2.75, 3.05) is 17.7 Å². The Morgan fingerprint density at radius 1 is 1.26 bits per heavy atom. The van der Waals surface area contributed by atoms with Crippen LogP contribution in [0.25, 0.3) is 0 Å². The molecule has 0 bridgehead atoms. The standard InChI is InChI=1S/C12H12ClN5O/c1-7-16-5-8(6-17-7)12(19)18-10-9(13)3-4-15-11(10)14-2/h3-6H,1-2H3,(H,14,15)(H,18,19). The van der Waals surface area contributed by atoms with Crippen LogP contribution in [0.15, 0.2) is 24.7 Å². The first-order chi connectivity index (χ1) is 9.11. The molecule has 2 aromatic heterocycles. The average Bonchev–Trinajstić information content (AvgIpc) is 2.41. The Balaban J connectivity index is 2.26. The van der Waals surface area contributed by atoms with Crippen molar-refractivity contribution in [2.24, 2.45) is 0 Å². The maximum Gasteiger partial charge on any atom is 0.258 e. The normalized spacial score (nSPS) is 10.1. The molecule has 0 aliphatic rings. The Kier molecular flexibility index (Phi) is 3.91. The predicted molar refractivity (Wildman–Crippen MR) is 73.5 cm³/mol. The van der Waals surface area contributed by atoms with E-state index in [1.54, 1.807) is 26.2 Å². The number of hydrogen-bond donors (Lipinski definition) is 2. The van der Waals surface area contributed by atoms with Gasteiger partial charge < -0.3 is 10.6 Å². The molecule has 0 saturated heterocycles. The summed E-state index contributed by atoms with van der Waals surface area (Å²) < 4.78 is 0. The number of aromatic nitrogens is 3. The molecule has 1 amide bonds. The van der Waals surface area contributed by atoms with Crippen LogP contribution in [-0.4, -0.2) is 27.9 Å². The summed E-state index contributed by atoms with van der Waals surface area (Å²) in [6.07, 6.45) is 4.47. The number of aryl methyl sites for hydroxylation is 1. The van der Waals surface area contributed by atoms with Crippen LogP contribution in [0.5, 0.6) is 0 Å². The molecule has 7 heteroatoms. The summed E-state index contributed by atoms with van der Waals surface area (Å²) in [7, 11) is 1.70. The van der Waals surface area contributed by atoms with Gasteiger partial charge in [-0.15, -0.1) is 0 Å². The van der Waals surface area contributed by atoms with Gasteiger partial charge in [-0.2, -0.15) is 0 Å². The zero-order valence-corrected chi connectivity index (χ0v) is 11.2. The Labute approximate surface area is 115 Å². The molecule has 0 aliphatic heterocycles. The summed E-state index contributed by atoms with van der Waals surface area (Å²) in [6.45, 7) is 1.75. The molecular weight excluding hydrogens is 266 g/mol. The minimum atomic E-state index is -0.341. The van der Waals surface area contributed by atoms with Gasteiger partial charge in [0.2, 0.25) is 0 Å². The first kappa shape index (κ1) is 13.2. The number of nitrogens with zero attached hydrogens (tertiary/aromatic N) is 3. The first-order valence-electron chi connectivity index (χ1n) is 5.54. The molecule has 0 radical (unpaired) electrons. The summed E-state index contributed by atoms with van der Waals surface area (Å²) in [5.41, 5.74) is 0.782. The second kappa shape index (κ2) is 5.62. The number of hydrogen-bond acceptors (Lipinski definition) is 5. The molecule has 2 aromatic rings. The molecule has 98 valence electrons. The zero-order valence-electron chi connectivity index (χ0n) is 10.4. The average molecular weight is 278 g/mol. The minimum Gasteiger partial charge on any atom is -0.371 e. The quantitative estimate of drug-likeness (QED) is 0.898. The molecule has 19 heavy (non-hydrogen) atoms. The molecule has 0 fully saturated rings. The topological polar surface area (TPSA) is 79.8 Å². The molecule has 0 saturated carbocycles. The fourth-order valence-corrected chi connectivity index (χ4v) is 1.64. The van der Waals surface area contributed by atoms with Gasteiger partial charge in [0, 0.05) is 25.6 Å². The first-order valence-corrected chi connectivity index (χ1v) is 5.92. The Hall–Kier alpha value is -2.21. The maximum absolute atomic E-state index is 12.0. The van der Waals surface area contributed by atoms with Crippen molar-refractivity contribution in [1.29, 1.82) is 0 Å². The van der Waals surface area contributed by atoms with E-state index in [-0.39, 0.29) is 5.91 Å². The van der Waals surface area contributed by atoms with E-state index in [0.717, 1.165) is 0 Å². The van der Waals surface area contributed by atoms with Crippen LogP contribution in [0.3, 0.4) is 0 Å². The molecular formula is C12H12ClN5O. The van der Waals surface area contributed by atoms with E-state index in [1.165, 1.54) is 12.4 Å². The maximum atomic E-state index is 12.0. The molecule has 0 spiro atoms. The van der Waals surface area contributed by atoms with Crippen LogP contribution in [0.1, 0.15) is 16.2 Å². The zero-order chi connectivity index (χ0) is 13.8. The number of rotatable bonds is 3. The predicted octanol–water partition coefficient (Wildman–Crippen LogP) is 2.13. The van der Waals surface area contributed by atoms with Crippen molar-refractivity contribution in [3.63, 3.8) is 0 Å². The number of pyridine rings is 1. The van der Waals surface area contributed by atoms with Crippen molar-refractivity contribution in [3.05, 3.63) is 41.1 Å². The number of nitrogens with one attached hydrogen (secondary N) is 2. The van der Waals surface area contributed by atoms with Gasteiger partial charge in [0.25, 0.3) is 5.91 Å². The van der Waals surface area contributed by atoms with Gasteiger partial charge >= 0.3 is 0 Å². The van der Waals surface area contributed by atoms with Gasteiger partial charge in [-0.1, -0.05) is 11.6 Å². The molecule has 0 aliphatic carbocycles. The molecule has 2 N–H and O–H groups in total. The van der Waals surface area contributed by atoms with E-state index in [1.807, 2.05) is 0 Å². The van der Waals surface area contributed by atoms with E-state index in [9.17, 15) is 4.79 Å². The minimum absolute atomic E-state index is 0.341. The van der Waals surface area contributed by atoms with Crippen LogP contribution in [0.2, 0.25) is 5.02 Å². The largest absolute Gasteiger partial charge is 0.371 e. The highest BCUT2D eigenvalue weighted by molar-refractivity contribution is 6.34. The smallest absolute Gasteiger partial charge is 0.258 e. The van der Waals surface area contributed by atoms with Crippen LogP contribution in [0, 0.1) is 6.92 Å². The van der Waals surface area contributed by atoms with Gasteiger partial charge in [-0.05, 0) is 13.0 Å². The Morgan fingerprint density at radius 2 is 1.95 bits per heavy atom. The van der Waals surface area contributed by atoms with Crippen molar-refractivity contribution >= 4 is 29.0 Å². The number of amides is 1. The van der Waals surface area contributed by atoms with Gasteiger partial charge in [-0.3, -0.25) is 4.79 Å². The molecule has 0 atom stereocenters. The highest BCUT2D eigenvalue weighted by Gasteiger charge is 2.13. The van der Waals surface area contributed by atoms with Crippen molar-refractivity contribution in [3.8, 4) is 0 Å². The third kappa shape index (κ3) is 2.97. The molecule has 0 aromatic carbocycles. The molecule has 0 unspecified atom stereocenters. The van der Waals surface area contributed by atoms with Crippen LogP contribution < -0.4 is 10.6 Å². The SMILES string of the molecule is CNc1nccc(Cl)c1NC(=O)c1cnc(C)nc1. The summed E-state index contributed by atoms with van der Waals surface area (Å²) >= 11 is 6.04. The fourth-order valence-electron chi connectivity index (χ4n) is 1.44. The number of carbonyl (C=O) groups excluding carboxylic acids is 1. The van der Waals surface area contributed by atoms with E-state index in [2.05, 4.69) is 25.6 Å². The lowest BCUT2D eigenvalue weighted by Crippen LogP contribution is -2.15. The van der Waals surface area contributed by atoms with E-state index < -0.39 is 0 Å². The highest BCUT2D eigenvalue weighted by Crippen LogP contribution is 2.28. The van der Waals surface area contributed by atoms with E-state index in [0.29, 0.717) is 27.9 Å². The number of anilines is 2. The Bertz CT molecular complexity index is 600. The van der Waals surface area contributed by atoms with Crippen LogP contribution in [-0.2, 0) is 0 Å². The monoisotopic (exact) mass is 277 g/mol. The molecule has 2 heterocycles.